The highest BCUT2D eigenvalue weighted by Crippen LogP contribution is 2.36. The van der Waals surface area contributed by atoms with E-state index in [1.165, 1.54) is 0 Å². The molecule has 1 heterocycles. The highest BCUT2D eigenvalue weighted by Gasteiger charge is 2.30. The summed E-state index contributed by atoms with van der Waals surface area (Å²) in [6.45, 7) is 7.54. The lowest BCUT2D eigenvalue weighted by Crippen LogP contribution is -2.21. The summed E-state index contributed by atoms with van der Waals surface area (Å²) in [5, 5.41) is -0.123. The normalized spacial score (nSPS) is 21.4. The molecule has 0 amide bonds. The molecule has 2 rings (SSSR count). The van der Waals surface area contributed by atoms with Crippen molar-refractivity contribution in [3.63, 3.8) is 0 Å². The van der Waals surface area contributed by atoms with Crippen LogP contribution in [0.5, 0.6) is 0 Å². The van der Waals surface area contributed by atoms with E-state index in [-0.39, 0.29) is 5.25 Å². The van der Waals surface area contributed by atoms with E-state index >= 15 is 0 Å². The van der Waals surface area contributed by atoms with Crippen molar-refractivity contribution in [2.24, 2.45) is 4.36 Å². The van der Waals surface area contributed by atoms with Crippen molar-refractivity contribution in [3.8, 4) is 0 Å². The van der Waals surface area contributed by atoms with Crippen LogP contribution in [0.15, 0.2) is 39.2 Å². The van der Waals surface area contributed by atoms with Crippen molar-refractivity contribution in [3.05, 3.63) is 35.5 Å². The summed E-state index contributed by atoms with van der Waals surface area (Å²) in [7, 11) is -2.54. The van der Waals surface area contributed by atoms with E-state index in [1.807, 2.05) is 32.0 Å². The predicted octanol–water partition coefficient (Wildman–Crippen LogP) is 3.23. The number of carbonyl (C=O) groups is 1. The van der Waals surface area contributed by atoms with Gasteiger partial charge in [0, 0.05) is 10.8 Å². The third-order valence-electron chi connectivity index (χ3n) is 3.22. The molecule has 1 unspecified atom stereocenters. The lowest BCUT2D eigenvalue weighted by atomic mass is 10.0. The zero-order valence-corrected chi connectivity index (χ0v) is 13.0. The number of fused-ring (bicyclic) bond motifs is 1. The van der Waals surface area contributed by atoms with Crippen molar-refractivity contribution in [2.75, 3.05) is 6.61 Å². The molecule has 1 aliphatic heterocycles. The molecule has 1 aromatic carbocycles. The molecule has 0 spiro atoms. The molecular formula is C15H19NO3S. The minimum Gasteiger partial charge on any atom is -0.462 e. The van der Waals surface area contributed by atoms with Crippen molar-refractivity contribution in [1.29, 1.82) is 0 Å². The summed E-state index contributed by atoms with van der Waals surface area (Å²) < 4.78 is 22.5. The van der Waals surface area contributed by atoms with Gasteiger partial charge in [-0.25, -0.2) is 9.00 Å². The molecule has 0 bridgehead atoms. The largest absolute Gasteiger partial charge is 0.462 e. The molecule has 0 saturated carbocycles. The second-order valence-corrected chi connectivity index (χ2v) is 7.59. The highest BCUT2D eigenvalue weighted by molar-refractivity contribution is 7.94. The molecule has 1 atom stereocenters. The maximum atomic E-state index is 13.1. The van der Waals surface area contributed by atoms with Crippen molar-refractivity contribution < 1.29 is 13.7 Å². The van der Waals surface area contributed by atoms with Crippen LogP contribution >= 0.6 is 0 Å². The van der Waals surface area contributed by atoms with E-state index in [0.717, 1.165) is 0 Å². The van der Waals surface area contributed by atoms with Crippen LogP contribution in [0.2, 0.25) is 0 Å². The molecule has 0 N–H and O–H groups in total. The Labute approximate surface area is 120 Å². The Morgan fingerprint density at radius 1 is 1.35 bits per heavy atom. The van der Waals surface area contributed by atoms with Crippen LogP contribution in [-0.2, 0) is 19.3 Å². The number of rotatable bonds is 3. The smallest absolute Gasteiger partial charge is 0.340 e. The fourth-order valence-corrected chi connectivity index (χ4v) is 4.32. The Kier molecular flexibility index (Phi) is 3.99. The Hall–Kier alpha value is -1.62. The van der Waals surface area contributed by atoms with E-state index in [9.17, 15) is 9.00 Å². The molecule has 4 nitrogen and oxygen atoms in total. The van der Waals surface area contributed by atoms with Crippen LogP contribution in [0.1, 0.15) is 33.3 Å². The maximum Gasteiger partial charge on any atom is 0.340 e. The Morgan fingerprint density at radius 2 is 2.00 bits per heavy atom. The fraction of sp³-hybridized carbons (Fsp3) is 0.400. The van der Waals surface area contributed by atoms with Gasteiger partial charge in [0.05, 0.1) is 32.5 Å². The zero-order valence-electron chi connectivity index (χ0n) is 12.2. The number of nitrogens with zero attached hydrogens (tertiary/aromatic N) is 1. The first-order chi connectivity index (χ1) is 9.41. The van der Waals surface area contributed by atoms with Crippen molar-refractivity contribution >= 4 is 21.3 Å². The van der Waals surface area contributed by atoms with Gasteiger partial charge in [-0.1, -0.05) is 18.2 Å². The fourth-order valence-electron chi connectivity index (χ4n) is 2.24. The highest BCUT2D eigenvalue weighted by atomic mass is 32.2. The summed E-state index contributed by atoms with van der Waals surface area (Å²) in [5.41, 5.74) is 1.58. The molecule has 20 heavy (non-hydrogen) atoms. The SMILES string of the molecule is CCOC(=O)C1=C(C)N=S(=O)(C(C)C)c2ccccc21. The van der Waals surface area contributed by atoms with Gasteiger partial charge in [0.25, 0.3) is 0 Å². The number of allylic oxidation sites excluding steroid dienone is 1. The van der Waals surface area contributed by atoms with E-state index in [0.29, 0.717) is 28.3 Å². The third kappa shape index (κ3) is 2.26. The molecule has 0 fully saturated rings. The number of esters is 1. The average molecular weight is 293 g/mol. The van der Waals surface area contributed by atoms with Crippen molar-refractivity contribution in [1.82, 2.24) is 0 Å². The summed E-state index contributed by atoms with van der Waals surface area (Å²) in [5.74, 6) is -0.411. The minimum atomic E-state index is -2.54. The number of hydrogen-bond donors (Lipinski definition) is 0. The molecule has 5 heteroatoms. The van der Waals surface area contributed by atoms with Crippen LogP contribution in [0.3, 0.4) is 0 Å². The quantitative estimate of drug-likeness (QED) is 0.804. The summed E-state index contributed by atoms with van der Waals surface area (Å²) in [4.78, 5) is 12.7. The van der Waals surface area contributed by atoms with Gasteiger partial charge < -0.3 is 4.74 Å². The van der Waals surface area contributed by atoms with Gasteiger partial charge >= 0.3 is 5.97 Å². The van der Waals surface area contributed by atoms with Gasteiger partial charge in [-0.05, 0) is 33.8 Å². The average Bonchev–Trinajstić information content (AvgIpc) is 2.38. The van der Waals surface area contributed by atoms with Gasteiger partial charge in [0.1, 0.15) is 0 Å². The van der Waals surface area contributed by atoms with Crippen LogP contribution in [-0.4, -0.2) is 22.0 Å². The zero-order chi connectivity index (χ0) is 14.9. The Morgan fingerprint density at radius 3 is 2.60 bits per heavy atom. The molecule has 0 radical (unpaired) electrons. The lowest BCUT2D eigenvalue weighted by molar-refractivity contribution is -0.136. The first kappa shape index (κ1) is 14.8. The number of benzene rings is 1. The first-order valence-corrected chi connectivity index (χ1v) is 8.23. The van der Waals surface area contributed by atoms with Crippen LogP contribution < -0.4 is 0 Å². The second-order valence-electron chi connectivity index (χ2n) is 4.89. The van der Waals surface area contributed by atoms with Gasteiger partial charge in [-0.15, -0.1) is 0 Å². The van der Waals surface area contributed by atoms with Crippen LogP contribution in [0, 0.1) is 0 Å². The second kappa shape index (κ2) is 5.40. The molecule has 0 saturated heterocycles. The van der Waals surface area contributed by atoms with E-state index in [4.69, 9.17) is 4.74 Å². The molecule has 108 valence electrons. The Bertz CT molecular complexity index is 695. The number of ether oxygens (including phenoxy) is 1. The van der Waals surface area contributed by atoms with E-state index < -0.39 is 15.7 Å². The number of carbonyl (C=O) groups excluding carboxylic acids is 1. The van der Waals surface area contributed by atoms with Gasteiger partial charge in [0.2, 0.25) is 0 Å². The predicted molar refractivity (Wildman–Crippen MR) is 79.6 cm³/mol. The lowest BCUT2D eigenvalue weighted by Gasteiger charge is -2.23. The summed E-state index contributed by atoms with van der Waals surface area (Å²) in [6.07, 6.45) is 0. The minimum absolute atomic E-state index is 0.123. The van der Waals surface area contributed by atoms with E-state index in [1.54, 1.807) is 19.9 Å². The molecular weight excluding hydrogens is 274 g/mol. The van der Waals surface area contributed by atoms with E-state index in [2.05, 4.69) is 4.36 Å². The van der Waals surface area contributed by atoms with Crippen LogP contribution in [0.25, 0.3) is 5.57 Å². The molecule has 0 aliphatic carbocycles. The summed E-state index contributed by atoms with van der Waals surface area (Å²) >= 11 is 0. The topological polar surface area (TPSA) is 55.7 Å². The van der Waals surface area contributed by atoms with Gasteiger partial charge in [0.15, 0.2) is 0 Å². The molecule has 0 aromatic heterocycles. The maximum absolute atomic E-state index is 13.1. The molecule has 1 aliphatic rings. The molecule has 1 aromatic rings. The summed E-state index contributed by atoms with van der Waals surface area (Å²) in [6, 6.07) is 7.24. The standard InChI is InChI=1S/C15H19NO3S/c1-5-19-15(17)14-11(4)16-20(18,10(2)3)13-9-7-6-8-12(13)14/h6-10H,5H2,1-4H3. The van der Waals surface area contributed by atoms with Crippen molar-refractivity contribution in [2.45, 2.75) is 37.8 Å². The number of hydrogen-bond acceptors (Lipinski definition) is 4. The monoisotopic (exact) mass is 293 g/mol. The first-order valence-electron chi connectivity index (χ1n) is 6.65. The Balaban J connectivity index is 2.76. The van der Waals surface area contributed by atoms with Crippen LogP contribution in [0.4, 0.5) is 0 Å². The third-order valence-corrected chi connectivity index (χ3v) is 6.03. The van der Waals surface area contributed by atoms with Gasteiger partial charge in [-0.3, -0.25) is 0 Å². The van der Waals surface area contributed by atoms with Gasteiger partial charge in [-0.2, -0.15) is 4.36 Å².